The lowest BCUT2D eigenvalue weighted by molar-refractivity contribution is -0.136. The maximum atomic E-state index is 11.4. The number of carboxylic acid groups (broad SMARTS) is 1. The Morgan fingerprint density at radius 3 is 2.88 bits per heavy atom. The highest BCUT2D eigenvalue weighted by atomic mass is 32.2. The average Bonchev–Trinajstić information content (AvgIpc) is 2.75. The second-order valence-electron chi connectivity index (χ2n) is 2.99. The van der Waals surface area contributed by atoms with Crippen LogP contribution < -0.4 is 5.32 Å². The number of amides is 1. The Balaban J connectivity index is 2.03. The van der Waals surface area contributed by atoms with Gasteiger partial charge in [-0.25, -0.2) is 0 Å². The molecule has 0 atom stereocenters. The minimum atomic E-state index is -0.782. The number of hydrogen-bond acceptors (Lipinski definition) is 4. The topological polar surface area (TPSA) is 66.4 Å². The number of carbonyl (C=O) groups excluding carboxylic acids is 1. The van der Waals surface area contributed by atoms with Crippen LogP contribution in [-0.2, 0) is 4.79 Å². The highest BCUT2D eigenvalue weighted by molar-refractivity contribution is 7.99. The lowest BCUT2D eigenvalue weighted by atomic mass is 10.4. The van der Waals surface area contributed by atoms with Crippen molar-refractivity contribution in [3.63, 3.8) is 0 Å². The van der Waals surface area contributed by atoms with E-state index in [0.717, 1.165) is 5.75 Å². The Hall–Kier alpha value is -1.01. The van der Waals surface area contributed by atoms with E-state index in [4.69, 9.17) is 5.11 Å². The second-order valence-corrected chi connectivity index (χ2v) is 5.16. The highest BCUT2D eigenvalue weighted by Gasteiger charge is 2.04. The molecule has 0 aliphatic rings. The number of nitrogens with one attached hydrogen (secondary N) is 1. The molecule has 0 bridgehead atoms. The van der Waals surface area contributed by atoms with Gasteiger partial charge in [0, 0.05) is 18.1 Å². The second kappa shape index (κ2) is 7.29. The van der Waals surface area contributed by atoms with Gasteiger partial charge in [-0.3, -0.25) is 9.59 Å². The molecule has 1 aromatic heterocycles. The molecular weight excluding hydrogens is 246 g/mol. The normalized spacial score (nSPS) is 10.0. The van der Waals surface area contributed by atoms with Crippen LogP contribution in [-0.4, -0.2) is 35.0 Å². The summed E-state index contributed by atoms with van der Waals surface area (Å²) in [6.07, 6.45) is 0.170. The molecular formula is C10H13NO3S2. The van der Waals surface area contributed by atoms with E-state index in [-0.39, 0.29) is 12.3 Å². The van der Waals surface area contributed by atoms with Gasteiger partial charge in [-0.2, -0.15) is 11.8 Å². The molecule has 0 radical (unpaired) electrons. The van der Waals surface area contributed by atoms with E-state index < -0.39 is 5.97 Å². The van der Waals surface area contributed by atoms with Crippen LogP contribution >= 0.6 is 23.1 Å². The first-order chi connectivity index (χ1) is 7.70. The molecule has 0 aliphatic carbocycles. The molecule has 0 fully saturated rings. The van der Waals surface area contributed by atoms with Crippen molar-refractivity contribution in [2.45, 2.75) is 6.42 Å². The van der Waals surface area contributed by atoms with Crippen LogP contribution in [0, 0.1) is 0 Å². The molecule has 0 saturated heterocycles. The third kappa shape index (κ3) is 5.18. The zero-order chi connectivity index (χ0) is 11.8. The molecule has 16 heavy (non-hydrogen) atoms. The first kappa shape index (κ1) is 13.1. The van der Waals surface area contributed by atoms with Crippen molar-refractivity contribution in [3.05, 3.63) is 22.4 Å². The Labute approximate surface area is 102 Å². The number of thiophene rings is 1. The zero-order valence-electron chi connectivity index (χ0n) is 8.64. The Morgan fingerprint density at radius 2 is 2.25 bits per heavy atom. The molecule has 4 nitrogen and oxygen atoms in total. The van der Waals surface area contributed by atoms with Crippen LogP contribution in [0.3, 0.4) is 0 Å². The van der Waals surface area contributed by atoms with Crippen molar-refractivity contribution in [2.24, 2.45) is 0 Å². The van der Waals surface area contributed by atoms with Crippen LogP contribution in [0.5, 0.6) is 0 Å². The molecule has 0 saturated carbocycles. The van der Waals surface area contributed by atoms with Crippen molar-refractivity contribution >= 4 is 35.0 Å². The summed E-state index contributed by atoms with van der Waals surface area (Å²) in [7, 11) is 0. The monoisotopic (exact) mass is 259 g/mol. The predicted molar refractivity (Wildman–Crippen MR) is 66.2 cm³/mol. The van der Waals surface area contributed by atoms with Gasteiger partial charge in [-0.15, -0.1) is 11.3 Å². The number of carboxylic acids is 1. The third-order valence-corrected chi connectivity index (χ3v) is 3.59. The summed E-state index contributed by atoms with van der Waals surface area (Å²) in [6, 6.07) is 3.61. The van der Waals surface area contributed by atoms with E-state index in [0.29, 0.717) is 17.2 Å². The highest BCUT2D eigenvalue weighted by Crippen LogP contribution is 2.07. The lowest BCUT2D eigenvalue weighted by Crippen LogP contribution is -2.24. The zero-order valence-corrected chi connectivity index (χ0v) is 10.3. The van der Waals surface area contributed by atoms with E-state index in [1.165, 1.54) is 23.1 Å². The summed E-state index contributed by atoms with van der Waals surface area (Å²) in [5.74, 6) is 0.484. The van der Waals surface area contributed by atoms with Gasteiger partial charge in [0.2, 0.25) is 0 Å². The molecule has 6 heteroatoms. The molecule has 88 valence electrons. The van der Waals surface area contributed by atoms with Gasteiger partial charge in [0.1, 0.15) is 0 Å². The number of hydrogen-bond donors (Lipinski definition) is 2. The van der Waals surface area contributed by atoms with E-state index in [2.05, 4.69) is 5.32 Å². The van der Waals surface area contributed by atoms with Crippen LogP contribution in [0.15, 0.2) is 17.5 Å². The van der Waals surface area contributed by atoms with Gasteiger partial charge in [0.25, 0.3) is 5.91 Å². The minimum Gasteiger partial charge on any atom is -0.481 e. The molecule has 0 aliphatic heterocycles. The van der Waals surface area contributed by atoms with Gasteiger partial charge in [-0.1, -0.05) is 6.07 Å². The van der Waals surface area contributed by atoms with E-state index in [9.17, 15) is 9.59 Å². The van der Waals surface area contributed by atoms with Crippen molar-refractivity contribution in [3.8, 4) is 0 Å². The first-order valence-electron chi connectivity index (χ1n) is 4.81. The summed E-state index contributed by atoms with van der Waals surface area (Å²) in [5, 5.41) is 13.0. The largest absolute Gasteiger partial charge is 0.481 e. The van der Waals surface area contributed by atoms with Crippen LogP contribution in [0.2, 0.25) is 0 Å². The van der Waals surface area contributed by atoms with Gasteiger partial charge in [0.05, 0.1) is 11.3 Å². The van der Waals surface area contributed by atoms with E-state index >= 15 is 0 Å². The summed E-state index contributed by atoms with van der Waals surface area (Å²) in [6.45, 7) is 0.570. The Bertz CT molecular complexity index is 338. The van der Waals surface area contributed by atoms with Gasteiger partial charge >= 0.3 is 5.97 Å². The molecule has 1 aromatic rings. The number of carbonyl (C=O) groups is 2. The molecule has 1 amide bonds. The van der Waals surface area contributed by atoms with Crippen LogP contribution in [0.25, 0.3) is 0 Å². The Morgan fingerprint density at radius 1 is 1.44 bits per heavy atom. The number of thioether (sulfide) groups is 1. The number of rotatable bonds is 7. The molecule has 0 unspecified atom stereocenters. The minimum absolute atomic E-state index is 0.0613. The average molecular weight is 259 g/mol. The van der Waals surface area contributed by atoms with Crippen LogP contribution in [0.4, 0.5) is 0 Å². The van der Waals surface area contributed by atoms with Crippen molar-refractivity contribution in [2.75, 3.05) is 18.1 Å². The molecule has 1 heterocycles. The fourth-order valence-electron chi connectivity index (χ4n) is 0.993. The SMILES string of the molecule is O=C(O)CCSCCNC(=O)c1cccs1. The fourth-order valence-corrected chi connectivity index (χ4v) is 2.40. The first-order valence-corrected chi connectivity index (χ1v) is 6.85. The van der Waals surface area contributed by atoms with Gasteiger partial charge < -0.3 is 10.4 Å². The van der Waals surface area contributed by atoms with Crippen molar-refractivity contribution in [1.29, 1.82) is 0 Å². The molecule has 0 spiro atoms. The summed E-state index contributed by atoms with van der Waals surface area (Å²) < 4.78 is 0. The summed E-state index contributed by atoms with van der Waals surface area (Å²) in [4.78, 5) is 22.4. The fraction of sp³-hybridized carbons (Fsp3) is 0.400. The third-order valence-electron chi connectivity index (χ3n) is 1.74. The lowest BCUT2D eigenvalue weighted by Gasteiger charge is -2.02. The molecule has 1 rings (SSSR count). The van der Waals surface area contributed by atoms with Crippen molar-refractivity contribution in [1.82, 2.24) is 5.32 Å². The quantitative estimate of drug-likeness (QED) is 0.731. The number of aliphatic carboxylic acids is 1. The Kier molecular flexibility index (Phi) is 5.95. The maximum absolute atomic E-state index is 11.4. The van der Waals surface area contributed by atoms with E-state index in [1.807, 2.05) is 11.4 Å². The van der Waals surface area contributed by atoms with Gasteiger partial charge in [-0.05, 0) is 11.4 Å². The van der Waals surface area contributed by atoms with Gasteiger partial charge in [0.15, 0.2) is 0 Å². The van der Waals surface area contributed by atoms with Crippen LogP contribution in [0.1, 0.15) is 16.1 Å². The molecule has 0 aromatic carbocycles. The molecule has 2 N–H and O–H groups in total. The predicted octanol–water partition coefficient (Wildman–Crippen LogP) is 1.69. The smallest absolute Gasteiger partial charge is 0.304 e. The standard InChI is InChI=1S/C10H13NO3S2/c12-9(13)3-6-15-7-4-11-10(14)8-2-1-5-16-8/h1-2,5H,3-4,6-7H2,(H,11,14)(H,12,13). The van der Waals surface area contributed by atoms with E-state index in [1.54, 1.807) is 6.07 Å². The maximum Gasteiger partial charge on any atom is 0.304 e. The van der Waals surface area contributed by atoms with Crippen molar-refractivity contribution < 1.29 is 14.7 Å². The summed E-state index contributed by atoms with van der Waals surface area (Å²) in [5.41, 5.74) is 0. The summed E-state index contributed by atoms with van der Waals surface area (Å²) >= 11 is 2.94.